The standard InChI is InChI=1S/C25H31FN2O6/c26-17-10-4-3-9-16(17)15-27-28-22(29)20-18-19(32-24(31-18)11-5-1-6-12-24)21-23(30-20)34-25(33-21)13-7-2-8-14-25/h3-4,9-10,15,18-21,23H,1-2,5-8,11-14H2,(H,28,29). The van der Waals surface area contributed by atoms with Crippen molar-refractivity contribution in [2.75, 3.05) is 0 Å². The maximum Gasteiger partial charge on any atom is 0.272 e. The molecule has 3 aliphatic heterocycles. The van der Waals surface area contributed by atoms with Crippen LogP contribution in [0.1, 0.15) is 69.8 Å². The van der Waals surface area contributed by atoms with Crippen molar-refractivity contribution in [1.82, 2.24) is 5.43 Å². The van der Waals surface area contributed by atoms with Crippen LogP contribution in [0.4, 0.5) is 4.39 Å². The van der Waals surface area contributed by atoms with Crippen LogP contribution >= 0.6 is 0 Å². The van der Waals surface area contributed by atoms with Crippen LogP contribution in [-0.4, -0.2) is 54.4 Å². The Morgan fingerprint density at radius 3 is 2.21 bits per heavy atom. The quantitative estimate of drug-likeness (QED) is 0.533. The van der Waals surface area contributed by atoms with Gasteiger partial charge in [-0.25, -0.2) is 9.82 Å². The summed E-state index contributed by atoms with van der Waals surface area (Å²) in [5, 5.41) is 3.95. The molecule has 1 aromatic carbocycles. The van der Waals surface area contributed by atoms with Crippen molar-refractivity contribution in [2.24, 2.45) is 5.10 Å². The van der Waals surface area contributed by atoms with Crippen molar-refractivity contribution in [3.8, 4) is 0 Å². The van der Waals surface area contributed by atoms with E-state index < -0.39 is 54.0 Å². The predicted molar refractivity (Wildman–Crippen MR) is 118 cm³/mol. The van der Waals surface area contributed by atoms with E-state index >= 15 is 0 Å². The minimum atomic E-state index is -0.979. The van der Waals surface area contributed by atoms with Gasteiger partial charge in [0.05, 0.1) is 6.21 Å². The Labute approximate surface area is 198 Å². The molecule has 5 atom stereocenters. The van der Waals surface area contributed by atoms with E-state index in [2.05, 4.69) is 10.5 Å². The van der Waals surface area contributed by atoms with Gasteiger partial charge in [-0.2, -0.15) is 5.10 Å². The van der Waals surface area contributed by atoms with Gasteiger partial charge in [0.2, 0.25) is 0 Å². The minimum absolute atomic E-state index is 0.277. The number of carbonyl (C=O) groups is 1. The van der Waals surface area contributed by atoms with Crippen LogP contribution in [0.25, 0.3) is 0 Å². The molecule has 0 radical (unpaired) electrons. The maximum absolute atomic E-state index is 13.9. The molecule has 6 rings (SSSR count). The summed E-state index contributed by atoms with van der Waals surface area (Å²) in [6.45, 7) is 0. The summed E-state index contributed by atoms with van der Waals surface area (Å²) in [6.07, 6.45) is 7.59. The smallest absolute Gasteiger partial charge is 0.272 e. The second kappa shape index (κ2) is 8.95. The van der Waals surface area contributed by atoms with E-state index in [-0.39, 0.29) is 5.56 Å². The van der Waals surface area contributed by atoms with Gasteiger partial charge in [0, 0.05) is 31.2 Å². The molecule has 2 aliphatic carbocycles. The van der Waals surface area contributed by atoms with Crippen LogP contribution in [0.15, 0.2) is 29.4 Å². The van der Waals surface area contributed by atoms with Crippen LogP contribution < -0.4 is 5.43 Å². The normalized spacial score (nSPS) is 36.0. The predicted octanol–water partition coefficient (Wildman–Crippen LogP) is 3.52. The van der Waals surface area contributed by atoms with Crippen molar-refractivity contribution in [1.29, 1.82) is 0 Å². The summed E-state index contributed by atoms with van der Waals surface area (Å²) in [5.74, 6) is -2.30. The molecular weight excluding hydrogens is 443 g/mol. The molecule has 1 aromatic rings. The molecule has 2 saturated carbocycles. The summed E-state index contributed by atoms with van der Waals surface area (Å²) in [6, 6.07) is 6.22. The summed E-state index contributed by atoms with van der Waals surface area (Å²) in [4.78, 5) is 13.2. The third-order valence-electron chi connectivity index (χ3n) is 7.65. The van der Waals surface area contributed by atoms with Gasteiger partial charge >= 0.3 is 0 Å². The summed E-state index contributed by atoms with van der Waals surface area (Å²) < 4.78 is 45.8. The largest absolute Gasteiger partial charge is 0.341 e. The molecule has 5 fully saturated rings. The molecule has 0 bridgehead atoms. The molecule has 0 aromatic heterocycles. The minimum Gasteiger partial charge on any atom is -0.341 e. The number of carbonyl (C=O) groups excluding carboxylic acids is 1. The molecule has 5 aliphatic rings. The average Bonchev–Trinajstić information content (AvgIpc) is 3.38. The van der Waals surface area contributed by atoms with Gasteiger partial charge in [-0.05, 0) is 31.7 Å². The van der Waals surface area contributed by atoms with Crippen molar-refractivity contribution in [3.63, 3.8) is 0 Å². The van der Waals surface area contributed by atoms with Gasteiger partial charge in [-0.15, -0.1) is 0 Å². The number of hydrogen-bond acceptors (Lipinski definition) is 7. The van der Waals surface area contributed by atoms with Crippen molar-refractivity contribution < 1.29 is 32.9 Å². The highest BCUT2D eigenvalue weighted by Crippen LogP contribution is 2.50. The molecule has 8 nitrogen and oxygen atoms in total. The lowest BCUT2D eigenvalue weighted by atomic mass is 9.94. The first-order valence-corrected chi connectivity index (χ1v) is 12.5. The molecule has 34 heavy (non-hydrogen) atoms. The van der Waals surface area contributed by atoms with Crippen LogP contribution in [0, 0.1) is 5.82 Å². The highest BCUT2D eigenvalue weighted by Gasteiger charge is 2.65. The van der Waals surface area contributed by atoms with Gasteiger partial charge in [0.15, 0.2) is 24.0 Å². The van der Waals surface area contributed by atoms with E-state index in [4.69, 9.17) is 23.7 Å². The average molecular weight is 475 g/mol. The Morgan fingerprint density at radius 1 is 0.882 bits per heavy atom. The van der Waals surface area contributed by atoms with E-state index in [9.17, 15) is 9.18 Å². The van der Waals surface area contributed by atoms with Gasteiger partial charge in [0.25, 0.3) is 5.91 Å². The number of nitrogens with zero attached hydrogens (tertiary/aromatic N) is 1. The zero-order valence-electron chi connectivity index (χ0n) is 19.1. The SMILES string of the molecule is O=C(NN=Cc1ccccc1F)C1OC2OC3(CCCCC3)OC2C2OC3(CCCCC3)OC12. The van der Waals surface area contributed by atoms with Crippen LogP contribution in [0.2, 0.25) is 0 Å². The van der Waals surface area contributed by atoms with Crippen molar-refractivity contribution in [2.45, 2.75) is 106 Å². The highest BCUT2D eigenvalue weighted by molar-refractivity contribution is 5.85. The first kappa shape index (κ1) is 22.5. The van der Waals surface area contributed by atoms with E-state index in [0.717, 1.165) is 64.2 Å². The van der Waals surface area contributed by atoms with Crippen LogP contribution in [0.5, 0.6) is 0 Å². The summed E-state index contributed by atoms with van der Waals surface area (Å²) in [7, 11) is 0. The third-order valence-corrected chi connectivity index (χ3v) is 7.65. The number of rotatable bonds is 3. The van der Waals surface area contributed by atoms with Crippen molar-refractivity contribution >= 4 is 12.1 Å². The lowest BCUT2D eigenvalue weighted by Gasteiger charge is -2.36. The molecule has 3 saturated heterocycles. The lowest BCUT2D eigenvalue weighted by molar-refractivity contribution is -0.247. The molecule has 2 spiro atoms. The number of ether oxygens (including phenoxy) is 5. The molecule has 1 N–H and O–H groups in total. The number of halogens is 1. The fourth-order valence-electron chi connectivity index (χ4n) is 5.98. The van der Waals surface area contributed by atoms with E-state index in [1.807, 2.05) is 0 Å². The molecule has 5 unspecified atom stereocenters. The first-order chi connectivity index (χ1) is 16.6. The number of fused-ring (bicyclic) bond motifs is 3. The fraction of sp³-hybridized carbons (Fsp3) is 0.680. The Bertz CT molecular complexity index is 945. The molecular formula is C25H31FN2O6. The van der Waals surface area contributed by atoms with E-state index in [1.54, 1.807) is 18.2 Å². The van der Waals surface area contributed by atoms with Crippen LogP contribution in [-0.2, 0) is 28.5 Å². The van der Waals surface area contributed by atoms with Crippen molar-refractivity contribution in [3.05, 3.63) is 35.6 Å². The molecule has 3 heterocycles. The second-order valence-electron chi connectivity index (χ2n) is 9.99. The van der Waals surface area contributed by atoms with Gasteiger partial charge in [0.1, 0.15) is 24.1 Å². The maximum atomic E-state index is 13.9. The van der Waals surface area contributed by atoms with Gasteiger partial charge < -0.3 is 23.7 Å². The fourth-order valence-corrected chi connectivity index (χ4v) is 5.98. The Kier molecular flexibility index (Phi) is 5.93. The lowest BCUT2D eigenvalue weighted by Crippen LogP contribution is -2.59. The van der Waals surface area contributed by atoms with Gasteiger partial charge in [-0.1, -0.05) is 31.0 Å². The molecule has 1 amide bonds. The zero-order chi connectivity index (χ0) is 23.2. The monoisotopic (exact) mass is 474 g/mol. The highest BCUT2D eigenvalue weighted by atomic mass is 19.1. The van der Waals surface area contributed by atoms with Crippen LogP contribution in [0.3, 0.4) is 0 Å². The molecule has 184 valence electrons. The Hall–Kier alpha value is -1.91. The number of hydrazone groups is 1. The number of benzene rings is 1. The topological polar surface area (TPSA) is 87.6 Å². The zero-order valence-corrected chi connectivity index (χ0v) is 19.1. The Morgan fingerprint density at radius 2 is 1.50 bits per heavy atom. The van der Waals surface area contributed by atoms with E-state index in [0.29, 0.717) is 0 Å². The second-order valence-corrected chi connectivity index (χ2v) is 9.99. The summed E-state index contributed by atoms with van der Waals surface area (Å²) in [5.41, 5.74) is 2.77. The number of amides is 1. The first-order valence-electron chi connectivity index (χ1n) is 12.5. The van der Waals surface area contributed by atoms with Gasteiger partial charge in [-0.3, -0.25) is 4.79 Å². The third kappa shape index (κ3) is 4.07. The van der Waals surface area contributed by atoms with E-state index in [1.165, 1.54) is 12.3 Å². The number of nitrogens with one attached hydrogen (secondary N) is 1. The molecule has 9 heteroatoms. The Balaban J connectivity index is 1.22. The summed E-state index contributed by atoms with van der Waals surface area (Å²) >= 11 is 0. The number of hydrogen-bond donors (Lipinski definition) is 1.